The van der Waals surface area contributed by atoms with Crippen LogP contribution in [0, 0.1) is 0 Å². The van der Waals surface area contributed by atoms with E-state index in [1.165, 1.54) is 0 Å². The molecule has 2 N–H and O–H groups in total. The molecule has 7 heteroatoms. The molecule has 0 unspecified atom stereocenters. The Balaban J connectivity index is 1.52. The highest BCUT2D eigenvalue weighted by molar-refractivity contribution is 6.01. The molecule has 0 atom stereocenters. The van der Waals surface area contributed by atoms with E-state index in [0.29, 0.717) is 29.3 Å². The molecule has 26 heavy (non-hydrogen) atoms. The van der Waals surface area contributed by atoms with Crippen molar-refractivity contribution in [3.05, 3.63) is 48.0 Å². The van der Waals surface area contributed by atoms with Crippen LogP contribution in [0.4, 0.5) is 11.4 Å². The van der Waals surface area contributed by atoms with Crippen LogP contribution in [0.2, 0.25) is 0 Å². The molecule has 1 heterocycles. The van der Waals surface area contributed by atoms with Crippen molar-refractivity contribution in [3.8, 4) is 11.5 Å². The smallest absolute Gasteiger partial charge is 0.340 e. The average Bonchev–Trinajstić information content (AvgIpc) is 3.10. The molecule has 1 aliphatic heterocycles. The van der Waals surface area contributed by atoms with Gasteiger partial charge in [0.25, 0.3) is 0 Å². The summed E-state index contributed by atoms with van der Waals surface area (Å²) in [6.45, 7) is 2.68. The van der Waals surface area contributed by atoms with Crippen LogP contribution in [-0.2, 0) is 9.53 Å². The third kappa shape index (κ3) is 4.24. The van der Waals surface area contributed by atoms with Crippen molar-refractivity contribution >= 4 is 23.3 Å². The van der Waals surface area contributed by atoms with Gasteiger partial charge in [0, 0.05) is 24.7 Å². The Morgan fingerprint density at radius 2 is 1.92 bits per heavy atom. The number of fused-ring (bicyclic) bond motifs is 1. The topological polar surface area (TPSA) is 85.9 Å². The van der Waals surface area contributed by atoms with E-state index >= 15 is 0 Å². The predicted molar refractivity (Wildman–Crippen MR) is 96.7 cm³/mol. The molecule has 0 spiro atoms. The Bertz CT molecular complexity index is 806. The summed E-state index contributed by atoms with van der Waals surface area (Å²) in [5.74, 6) is 0.739. The molecule has 2 aromatic carbocycles. The monoisotopic (exact) mass is 356 g/mol. The number of ether oxygens (including phenoxy) is 3. The quantitative estimate of drug-likeness (QED) is 0.742. The van der Waals surface area contributed by atoms with Crippen LogP contribution in [0.3, 0.4) is 0 Å². The van der Waals surface area contributed by atoms with Gasteiger partial charge in [0.2, 0.25) is 12.7 Å². The van der Waals surface area contributed by atoms with Gasteiger partial charge in [-0.15, -0.1) is 0 Å². The Morgan fingerprint density at radius 3 is 2.77 bits per heavy atom. The van der Waals surface area contributed by atoms with Gasteiger partial charge < -0.3 is 24.8 Å². The number of para-hydroxylation sites is 1. The van der Waals surface area contributed by atoms with Crippen molar-refractivity contribution in [3.63, 3.8) is 0 Å². The second-order valence-corrected chi connectivity index (χ2v) is 5.56. The molecule has 2 aromatic rings. The summed E-state index contributed by atoms with van der Waals surface area (Å²) in [5.41, 5.74) is 1.62. The lowest BCUT2D eigenvalue weighted by molar-refractivity contribution is -0.115. The summed E-state index contributed by atoms with van der Waals surface area (Å²) in [5, 5.41) is 5.91. The number of amides is 1. The highest BCUT2D eigenvalue weighted by Gasteiger charge is 2.15. The van der Waals surface area contributed by atoms with E-state index in [1.807, 2.05) is 18.2 Å². The Hall–Kier alpha value is -3.22. The molecule has 0 bridgehead atoms. The number of rotatable bonds is 7. The van der Waals surface area contributed by atoms with Crippen molar-refractivity contribution in [2.24, 2.45) is 0 Å². The van der Waals surface area contributed by atoms with Gasteiger partial charge in [-0.05, 0) is 31.2 Å². The molecule has 7 nitrogen and oxygen atoms in total. The molecule has 0 saturated carbocycles. The molecule has 0 fully saturated rings. The van der Waals surface area contributed by atoms with E-state index in [4.69, 9.17) is 14.2 Å². The number of hydrogen-bond donors (Lipinski definition) is 2. The first kappa shape index (κ1) is 17.6. The molecule has 136 valence electrons. The molecule has 1 aliphatic rings. The lowest BCUT2D eigenvalue weighted by atomic mass is 10.1. The molecular formula is C19H20N2O5. The number of nitrogens with one attached hydrogen (secondary N) is 2. The van der Waals surface area contributed by atoms with Crippen LogP contribution >= 0.6 is 0 Å². The maximum Gasteiger partial charge on any atom is 0.340 e. The predicted octanol–water partition coefficient (Wildman–Crippen LogP) is 3.03. The van der Waals surface area contributed by atoms with E-state index in [9.17, 15) is 9.59 Å². The van der Waals surface area contributed by atoms with E-state index in [0.717, 1.165) is 5.69 Å². The van der Waals surface area contributed by atoms with Gasteiger partial charge in [0.05, 0.1) is 17.9 Å². The third-order valence-corrected chi connectivity index (χ3v) is 3.75. The molecule has 0 aliphatic carbocycles. The van der Waals surface area contributed by atoms with Crippen molar-refractivity contribution in [2.75, 3.05) is 30.6 Å². The molecule has 0 aromatic heterocycles. The van der Waals surface area contributed by atoms with E-state index in [2.05, 4.69) is 10.6 Å². The Labute approximate surface area is 151 Å². The van der Waals surface area contributed by atoms with Crippen LogP contribution < -0.4 is 20.1 Å². The molecular weight excluding hydrogens is 336 g/mol. The summed E-state index contributed by atoms with van der Waals surface area (Å²) in [7, 11) is 0. The van der Waals surface area contributed by atoms with Crippen molar-refractivity contribution in [1.82, 2.24) is 0 Å². The fraction of sp³-hybridized carbons (Fsp3) is 0.263. The second-order valence-electron chi connectivity index (χ2n) is 5.56. The van der Waals surface area contributed by atoms with Gasteiger partial charge in [-0.1, -0.05) is 12.1 Å². The first-order valence-corrected chi connectivity index (χ1v) is 8.37. The summed E-state index contributed by atoms with van der Waals surface area (Å²) < 4.78 is 15.6. The first-order chi connectivity index (χ1) is 12.7. The van der Waals surface area contributed by atoms with Crippen molar-refractivity contribution in [2.45, 2.75) is 13.3 Å². The maximum absolute atomic E-state index is 12.2. The minimum absolute atomic E-state index is 0.199. The van der Waals surface area contributed by atoms with Crippen molar-refractivity contribution < 1.29 is 23.8 Å². The van der Waals surface area contributed by atoms with Gasteiger partial charge >= 0.3 is 5.97 Å². The maximum atomic E-state index is 12.2. The van der Waals surface area contributed by atoms with Crippen LogP contribution in [0.1, 0.15) is 23.7 Å². The van der Waals surface area contributed by atoms with E-state index < -0.39 is 5.97 Å². The average molecular weight is 356 g/mol. The summed E-state index contributed by atoms with van der Waals surface area (Å²) in [6.07, 6.45) is 0.242. The molecule has 3 rings (SSSR count). The number of hydrogen-bond acceptors (Lipinski definition) is 6. The Kier molecular flexibility index (Phi) is 5.58. The minimum atomic E-state index is -0.457. The van der Waals surface area contributed by atoms with Crippen molar-refractivity contribution in [1.29, 1.82) is 0 Å². The highest BCUT2D eigenvalue weighted by atomic mass is 16.7. The van der Waals surface area contributed by atoms with Gasteiger partial charge in [0.1, 0.15) is 0 Å². The van der Waals surface area contributed by atoms with Crippen LogP contribution in [0.5, 0.6) is 11.5 Å². The fourth-order valence-electron chi connectivity index (χ4n) is 2.52. The number of esters is 1. The standard InChI is InChI=1S/C19H20N2O5/c1-2-24-19(23)14-5-3-4-6-15(14)21-18(22)9-10-20-13-7-8-16-17(11-13)26-12-25-16/h3-8,11,20H,2,9-10,12H2,1H3,(H,21,22). The van der Waals surface area contributed by atoms with Gasteiger partial charge in [-0.3, -0.25) is 4.79 Å². The summed E-state index contributed by atoms with van der Waals surface area (Å²) in [4.78, 5) is 24.1. The zero-order valence-electron chi connectivity index (χ0n) is 14.4. The molecule has 1 amide bonds. The summed E-state index contributed by atoms with van der Waals surface area (Å²) >= 11 is 0. The normalized spacial score (nSPS) is 11.7. The molecule has 0 saturated heterocycles. The minimum Gasteiger partial charge on any atom is -0.462 e. The molecule has 0 radical (unpaired) electrons. The highest BCUT2D eigenvalue weighted by Crippen LogP contribution is 2.34. The second kappa shape index (κ2) is 8.24. The zero-order chi connectivity index (χ0) is 18.4. The van der Waals surface area contributed by atoms with Gasteiger partial charge in [-0.25, -0.2) is 4.79 Å². The van der Waals surface area contributed by atoms with Gasteiger partial charge in [-0.2, -0.15) is 0 Å². The first-order valence-electron chi connectivity index (χ1n) is 8.37. The Morgan fingerprint density at radius 1 is 1.12 bits per heavy atom. The zero-order valence-corrected chi connectivity index (χ0v) is 14.4. The SMILES string of the molecule is CCOC(=O)c1ccccc1NC(=O)CCNc1ccc2c(c1)OCO2. The largest absolute Gasteiger partial charge is 0.462 e. The number of carbonyl (C=O) groups is 2. The third-order valence-electron chi connectivity index (χ3n) is 3.75. The number of carbonyl (C=O) groups excluding carboxylic acids is 2. The van der Waals surface area contributed by atoms with Crippen LogP contribution in [0.25, 0.3) is 0 Å². The lowest BCUT2D eigenvalue weighted by Crippen LogP contribution is -2.18. The number of anilines is 2. The van der Waals surface area contributed by atoms with E-state index in [-0.39, 0.29) is 25.7 Å². The number of benzene rings is 2. The van der Waals surface area contributed by atoms with Gasteiger partial charge in [0.15, 0.2) is 11.5 Å². The van der Waals surface area contributed by atoms with E-state index in [1.54, 1.807) is 31.2 Å². The lowest BCUT2D eigenvalue weighted by Gasteiger charge is -2.11. The summed E-state index contributed by atoms with van der Waals surface area (Å²) in [6, 6.07) is 12.3. The van der Waals surface area contributed by atoms with Crippen LogP contribution in [-0.4, -0.2) is 31.8 Å². The van der Waals surface area contributed by atoms with Crippen LogP contribution in [0.15, 0.2) is 42.5 Å². The fourth-order valence-corrected chi connectivity index (χ4v) is 2.52.